The van der Waals surface area contributed by atoms with Gasteiger partial charge < -0.3 is 0 Å². The minimum Gasteiger partial charge on any atom is -0.0343 e. The predicted octanol–water partition coefficient (Wildman–Crippen LogP) is 6.26. The first kappa shape index (κ1) is 15.1. The molecule has 0 nitrogen and oxygen atoms in total. The maximum absolute atomic E-state index is 2.38. The quantitative estimate of drug-likeness (QED) is 0.590. The van der Waals surface area contributed by atoms with Crippen LogP contribution in [-0.2, 0) is 12.5 Å². The molecule has 0 aromatic carbocycles. The van der Waals surface area contributed by atoms with E-state index in [4.69, 9.17) is 0 Å². The van der Waals surface area contributed by atoms with Gasteiger partial charge in [0, 0.05) is 47.9 Å². The monoisotopic (exact) mass is 312 g/mol. The molecule has 0 saturated carbocycles. The summed E-state index contributed by atoms with van der Waals surface area (Å²) < 4.78 is 3.21. The van der Waals surface area contributed by atoms with Crippen molar-refractivity contribution in [2.75, 3.05) is 0 Å². The molecule has 0 radical (unpaired) electrons. The zero-order valence-corrected chi connectivity index (χ0v) is 15.7. The smallest absolute Gasteiger partial charge is 0.0343 e. The Balaban J connectivity index is 2.54. The summed E-state index contributed by atoms with van der Waals surface area (Å²) in [5, 5.41) is 0. The minimum atomic E-state index is 0.310. The van der Waals surface area contributed by atoms with Gasteiger partial charge in [0.2, 0.25) is 8.42 Å². The van der Waals surface area contributed by atoms with Crippen LogP contribution in [0.15, 0.2) is 8.42 Å². The summed E-state index contributed by atoms with van der Waals surface area (Å²) in [6.07, 6.45) is 4.76. The third kappa shape index (κ3) is 2.30. The van der Waals surface area contributed by atoms with Gasteiger partial charge in [-0.2, -0.15) is 0 Å². The van der Waals surface area contributed by atoms with E-state index in [1.165, 1.54) is 22.3 Å². The van der Waals surface area contributed by atoms with Crippen molar-refractivity contribution < 1.29 is 0 Å². The van der Waals surface area contributed by atoms with E-state index in [1.54, 1.807) is 18.2 Å². The number of thiophene rings is 2. The molecule has 0 aliphatic heterocycles. The zero-order valence-electron chi connectivity index (χ0n) is 13.2. The molecule has 0 bridgehead atoms. The highest BCUT2D eigenvalue weighted by Crippen LogP contribution is 2.51. The number of hydrogen-bond acceptors (Lipinski definition) is 1. The largest absolute Gasteiger partial charge is 0.219 e. The molecule has 2 heterocycles. The Kier molecular flexibility index (Phi) is 4.20. The predicted molar refractivity (Wildman–Crippen MR) is 92.3 cm³/mol. The van der Waals surface area contributed by atoms with Crippen molar-refractivity contribution in [1.29, 1.82) is 0 Å². The highest BCUT2D eigenvalue weighted by molar-refractivity contribution is 8.03. The molecule has 0 fully saturated rings. The first-order valence-electron chi connectivity index (χ1n) is 6.54. The normalized spacial score (nSPS) is 13.3. The fraction of sp³-hybridized carbons (Fsp3) is 0.500. The van der Waals surface area contributed by atoms with Crippen molar-refractivity contribution in [1.82, 2.24) is 0 Å². The van der Waals surface area contributed by atoms with Gasteiger partial charge >= 0.3 is 0 Å². The fourth-order valence-electron chi connectivity index (χ4n) is 2.39. The van der Waals surface area contributed by atoms with Gasteiger partial charge in [-0.05, 0) is 48.6 Å². The second-order valence-corrected chi connectivity index (χ2v) is 10.9. The summed E-state index contributed by atoms with van der Waals surface area (Å²) in [5.41, 5.74) is 6.07. The van der Waals surface area contributed by atoms with Crippen LogP contribution in [-0.4, -0.2) is 0 Å². The Morgan fingerprint density at radius 3 is 1.11 bits per heavy atom. The van der Waals surface area contributed by atoms with Crippen molar-refractivity contribution in [3.05, 3.63) is 32.0 Å². The van der Waals surface area contributed by atoms with Crippen molar-refractivity contribution in [2.24, 2.45) is 12.5 Å². The molecule has 19 heavy (non-hydrogen) atoms. The molecule has 0 saturated heterocycles. The Hall–Kier alpha value is -0.250. The zero-order chi connectivity index (χ0) is 14.5. The van der Waals surface area contributed by atoms with E-state index in [-0.39, 0.29) is 0 Å². The maximum Gasteiger partial charge on any atom is 0.219 e. The maximum atomic E-state index is 2.38. The molecule has 0 aliphatic carbocycles. The standard InChI is InChI=1S/C16H24S3/c1-9-11(3)15(18(7)13(9)5)17-16-12(4)10(2)14(6)19(16)8/h1-8H3/q+2. The van der Waals surface area contributed by atoms with Crippen LogP contribution in [0.1, 0.15) is 32.0 Å². The van der Waals surface area contributed by atoms with Crippen LogP contribution in [0.2, 0.25) is 0 Å². The van der Waals surface area contributed by atoms with Gasteiger partial charge in [0.1, 0.15) is 12.5 Å². The summed E-state index contributed by atoms with van der Waals surface area (Å²) in [4.78, 5) is 3.15. The third-order valence-electron chi connectivity index (χ3n) is 4.45. The average molecular weight is 313 g/mol. The summed E-state index contributed by atoms with van der Waals surface area (Å²) in [6, 6.07) is 0. The minimum absolute atomic E-state index is 0.310. The van der Waals surface area contributed by atoms with Crippen LogP contribution in [0.5, 0.6) is 0 Å². The molecule has 104 valence electrons. The lowest BCUT2D eigenvalue weighted by atomic mass is 10.2. The lowest BCUT2D eigenvalue weighted by Crippen LogP contribution is -1.78. The Morgan fingerprint density at radius 2 is 0.895 bits per heavy atom. The second kappa shape index (κ2) is 5.27. The van der Waals surface area contributed by atoms with Crippen LogP contribution in [0.3, 0.4) is 0 Å². The van der Waals surface area contributed by atoms with E-state index < -0.39 is 0 Å². The molecule has 2 rings (SSSR count). The van der Waals surface area contributed by atoms with Gasteiger partial charge in [-0.1, -0.05) is 0 Å². The topological polar surface area (TPSA) is 0 Å². The van der Waals surface area contributed by atoms with Gasteiger partial charge in [-0.25, -0.2) is 0 Å². The molecule has 2 aromatic rings. The van der Waals surface area contributed by atoms with E-state index in [0.29, 0.717) is 20.9 Å². The molecular weight excluding hydrogens is 288 g/mol. The summed E-state index contributed by atoms with van der Waals surface area (Å²) >= 11 is 2.06. The highest BCUT2D eigenvalue weighted by atomic mass is 32.2. The van der Waals surface area contributed by atoms with Gasteiger partial charge in [0.05, 0.1) is 0 Å². The molecule has 2 atom stereocenters. The van der Waals surface area contributed by atoms with Gasteiger partial charge in [0.15, 0.2) is 9.75 Å². The van der Waals surface area contributed by atoms with Crippen molar-refractivity contribution in [2.45, 2.75) is 50.0 Å². The molecule has 3 heteroatoms. The van der Waals surface area contributed by atoms with Crippen LogP contribution >= 0.6 is 32.7 Å². The van der Waals surface area contributed by atoms with Crippen LogP contribution in [0, 0.1) is 41.5 Å². The third-order valence-corrected chi connectivity index (χ3v) is 11.6. The average Bonchev–Trinajstić information content (AvgIpc) is 2.68. The number of hydrogen-bond donors (Lipinski definition) is 0. The van der Waals surface area contributed by atoms with Crippen LogP contribution < -0.4 is 0 Å². The molecular formula is C16H24S3+2. The number of rotatable bonds is 2. The van der Waals surface area contributed by atoms with Crippen molar-refractivity contribution in [3.63, 3.8) is 0 Å². The molecule has 0 amide bonds. The van der Waals surface area contributed by atoms with Crippen molar-refractivity contribution in [3.8, 4) is 0 Å². The van der Waals surface area contributed by atoms with Crippen LogP contribution in [0.25, 0.3) is 0 Å². The molecule has 2 unspecified atom stereocenters. The van der Waals surface area contributed by atoms with Crippen LogP contribution in [0.4, 0.5) is 0 Å². The Labute approximate surface area is 127 Å². The lowest BCUT2D eigenvalue weighted by Gasteiger charge is -1.94. The lowest BCUT2D eigenvalue weighted by molar-refractivity contribution is 1.28. The Bertz CT molecular complexity index is 535. The summed E-state index contributed by atoms with van der Waals surface area (Å²) in [7, 11) is 0.620. The van der Waals surface area contributed by atoms with E-state index in [2.05, 4.69) is 65.8 Å². The second-order valence-electron chi connectivity index (χ2n) is 5.31. The first-order chi connectivity index (χ1) is 8.77. The first-order valence-corrected chi connectivity index (χ1v) is 10.6. The van der Waals surface area contributed by atoms with E-state index >= 15 is 0 Å². The molecule has 0 aliphatic rings. The van der Waals surface area contributed by atoms with E-state index in [1.807, 2.05) is 0 Å². The summed E-state index contributed by atoms with van der Waals surface area (Å²) in [5.74, 6) is 0. The molecule has 0 N–H and O–H groups in total. The van der Waals surface area contributed by atoms with Gasteiger partial charge in [-0.15, -0.1) is 0 Å². The molecule has 0 spiro atoms. The molecule has 2 aromatic heterocycles. The Morgan fingerprint density at radius 1 is 0.579 bits per heavy atom. The fourth-order valence-corrected chi connectivity index (χ4v) is 8.59. The van der Waals surface area contributed by atoms with E-state index in [0.717, 1.165) is 0 Å². The van der Waals surface area contributed by atoms with Gasteiger partial charge in [0.25, 0.3) is 0 Å². The van der Waals surface area contributed by atoms with Gasteiger partial charge in [-0.3, -0.25) is 0 Å². The summed E-state index contributed by atoms with van der Waals surface area (Å²) in [6.45, 7) is 13.7. The van der Waals surface area contributed by atoms with E-state index in [9.17, 15) is 0 Å². The highest BCUT2D eigenvalue weighted by Gasteiger charge is 2.30. The SMILES string of the molecule is Cc1c(C)c(Sc2c(C)c(C)c(C)[s+]2C)[s+](C)c1C. The van der Waals surface area contributed by atoms with Crippen molar-refractivity contribution >= 4 is 32.7 Å².